The van der Waals surface area contributed by atoms with Gasteiger partial charge in [-0.05, 0) is 92.3 Å². The minimum absolute atomic E-state index is 0.00870. The molecule has 3 aromatic rings. The molecule has 0 unspecified atom stereocenters. The van der Waals surface area contributed by atoms with Crippen LogP contribution in [0.3, 0.4) is 0 Å². The SMILES string of the molecule is COc1ccc(N2C(=O)/C(=C/c3cc(C)n(-c4ccc(OC)cc4)c3C)C(=O)NC2=S)cc1. The molecule has 1 fully saturated rings. The standard InChI is InChI=1S/C25H23N3O4S/c1-15-13-17(16(2)27(15)18-5-9-20(31-3)10-6-18)14-22-23(29)26-25(33)28(24(22)30)19-7-11-21(32-4)12-8-19/h5-14H,1-4H3,(H,26,29,33)/b22-14+. The van der Waals surface area contributed by atoms with Crippen molar-refractivity contribution in [1.29, 1.82) is 0 Å². The predicted octanol–water partition coefficient (Wildman–Crippen LogP) is 3.94. The normalized spacial score (nSPS) is 15.1. The number of thiocarbonyl (C=S) groups is 1. The van der Waals surface area contributed by atoms with E-state index in [0.29, 0.717) is 11.4 Å². The van der Waals surface area contributed by atoms with Crippen LogP contribution in [0.2, 0.25) is 0 Å². The number of methoxy groups -OCH3 is 2. The first-order valence-corrected chi connectivity index (χ1v) is 10.6. The number of aromatic nitrogens is 1. The maximum atomic E-state index is 13.3. The molecule has 2 heterocycles. The predicted molar refractivity (Wildman–Crippen MR) is 131 cm³/mol. The van der Waals surface area contributed by atoms with Gasteiger partial charge in [-0.3, -0.25) is 19.8 Å². The molecule has 0 atom stereocenters. The number of hydrogen-bond acceptors (Lipinski definition) is 5. The smallest absolute Gasteiger partial charge is 0.270 e. The molecule has 2 amide bonds. The fraction of sp³-hybridized carbons (Fsp3) is 0.160. The zero-order chi connectivity index (χ0) is 23.7. The number of benzene rings is 2. The van der Waals surface area contributed by atoms with Gasteiger partial charge in [-0.25, -0.2) is 0 Å². The van der Waals surface area contributed by atoms with Crippen LogP contribution in [0.25, 0.3) is 11.8 Å². The Kier molecular flexibility index (Phi) is 6.02. The molecule has 0 spiro atoms. The van der Waals surface area contributed by atoms with Gasteiger partial charge in [0.15, 0.2) is 5.11 Å². The van der Waals surface area contributed by atoms with Crippen molar-refractivity contribution >= 4 is 40.9 Å². The largest absolute Gasteiger partial charge is 0.497 e. The molecule has 1 N–H and O–H groups in total. The van der Waals surface area contributed by atoms with Crippen LogP contribution in [0.15, 0.2) is 60.2 Å². The van der Waals surface area contributed by atoms with Crippen molar-refractivity contribution in [2.75, 3.05) is 19.1 Å². The number of rotatable bonds is 5. The van der Waals surface area contributed by atoms with Crippen LogP contribution < -0.4 is 19.7 Å². The number of carbonyl (C=O) groups is 2. The van der Waals surface area contributed by atoms with Gasteiger partial charge in [-0.2, -0.15) is 0 Å². The molecule has 0 saturated carbocycles. The van der Waals surface area contributed by atoms with Gasteiger partial charge in [0.2, 0.25) is 0 Å². The highest BCUT2D eigenvalue weighted by Crippen LogP contribution is 2.27. The van der Waals surface area contributed by atoms with Gasteiger partial charge in [0.1, 0.15) is 17.1 Å². The second-order valence-corrected chi connectivity index (χ2v) is 7.90. The van der Waals surface area contributed by atoms with Gasteiger partial charge >= 0.3 is 0 Å². The lowest BCUT2D eigenvalue weighted by atomic mass is 10.1. The molecule has 1 aromatic heterocycles. The zero-order valence-electron chi connectivity index (χ0n) is 18.7. The van der Waals surface area contributed by atoms with Crippen molar-refractivity contribution in [2.45, 2.75) is 13.8 Å². The molecule has 1 saturated heterocycles. The quantitative estimate of drug-likeness (QED) is 0.354. The summed E-state index contributed by atoms with van der Waals surface area (Å²) in [6.07, 6.45) is 1.61. The lowest BCUT2D eigenvalue weighted by Crippen LogP contribution is -2.54. The van der Waals surface area contributed by atoms with Crippen molar-refractivity contribution < 1.29 is 19.1 Å². The molecule has 7 nitrogen and oxygen atoms in total. The average molecular weight is 462 g/mol. The summed E-state index contributed by atoms with van der Waals surface area (Å²) >= 11 is 5.28. The molecular weight excluding hydrogens is 438 g/mol. The molecule has 0 bridgehead atoms. The van der Waals surface area contributed by atoms with Gasteiger partial charge < -0.3 is 14.0 Å². The number of hydrogen-bond donors (Lipinski definition) is 1. The minimum Gasteiger partial charge on any atom is -0.497 e. The van der Waals surface area contributed by atoms with Crippen molar-refractivity contribution in [3.05, 3.63) is 77.1 Å². The fourth-order valence-electron chi connectivity index (χ4n) is 3.84. The second kappa shape index (κ2) is 8.91. The molecular formula is C25H23N3O4S. The third kappa shape index (κ3) is 4.12. The van der Waals surface area contributed by atoms with Crippen LogP contribution in [0.1, 0.15) is 17.0 Å². The molecule has 1 aliphatic heterocycles. The van der Waals surface area contributed by atoms with Gasteiger partial charge in [-0.1, -0.05) is 0 Å². The van der Waals surface area contributed by atoms with Crippen LogP contribution in [0.5, 0.6) is 11.5 Å². The Hall–Kier alpha value is -3.91. The second-order valence-electron chi connectivity index (χ2n) is 7.52. The lowest BCUT2D eigenvalue weighted by Gasteiger charge is -2.29. The summed E-state index contributed by atoms with van der Waals surface area (Å²) in [4.78, 5) is 27.3. The molecule has 33 heavy (non-hydrogen) atoms. The Balaban J connectivity index is 1.72. The van der Waals surface area contributed by atoms with E-state index in [1.54, 1.807) is 44.6 Å². The Morgan fingerprint density at radius 1 is 0.879 bits per heavy atom. The molecule has 4 rings (SSSR count). The van der Waals surface area contributed by atoms with Crippen molar-refractivity contribution in [3.8, 4) is 17.2 Å². The van der Waals surface area contributed by atoms with Crippen LogP contribution >= 0.6 is 12.2 Å². The summed E-state index contributed by atoms with van der Waals surface area (Å²) in [5.74, 6) is 0.412. The van der Waals surface area contributed by atoms with Crippen LogP contribution in [0.4, 0.5) is 5.69 Å². The van der Waals surface area contributed by atoms with E-state index < -0.39 is 11.8 Å². The molecule has 0 radical (unpaired) electrons. The van der Waals surface area contributed by atoms with Crippen molar-refractivity contribution in [2.24, 2.45) is 0 Å². The average Bonchev–Trinajstić information content (AvgIpc) is 3.09. The number of amides is 2. The van der Waals surface area contributed by atoms with E-state index >= 15 is 0 Å². The Morgan fingerprint density at radius 3 is 1.97 bits per heavy atom. The van der Waals surface area contributed by atoms with Crippen LogP contribution in [-0.2, 0) is 9.59 Å². The number of aryl methyl sites for hydroxylation is 1. The third-order valence-corrected chi connectivity index (χ3v) is 5.82. The summed E-state index contributed by atoms with van der Waals surface area (Å²) < 4.78 is 12.5. The van der Waals surface area contributed by atoms with Crippen molar-refractivity contribution in [3.63, 3.8) is 0 Å². The molecule has 1 aliphatic rings. The number of nitrogens with one attached hydrogen (secondary N) is 1. The van der Waals surface area contributed by atoms with E-state index in [4.69, 9.17) is 21.7 Å². The highest BCUT2D eigenvalue weighted by Gasteiger charge is 2.34. The number of ether oxygens (including phenoxy) is 2. The first-order chi connectivity index (χ1) is 15.8. The molecule has 2 aromatic carbocycles. The van der Waals surface area contributed by atoms with E-state index in [0.717, 1.165) is 28.4 Å². The summed E-state index contributed by atoms with van der Waals surface area (Å²) in [6.45, 7) is 3.92. The maximum absolute atomic E-state index is 13.3. The van der Waals surface area contributed by atoms with Gasteiger partial charge in [0.05, 0.1) is 19.9 Å². The monoisotopic (exact) mass is 461 g/mol. The van der Waals surface area contributed by atoms with Crippen molar-refractivity contribution in [1.82, 2.24) is 9.88 Å². The van der Waals surface area contributed by atoms with Gasteiger partial charge in [0.25, 0.3) is 11.8 Å². The topological polar surface area (TPSA) is 72.8 Å². The van der Waals surface area contributed by atoms with E-state index in [1.807, 2.05) is 44.2 Å². The van der Waals surface area contributed by atoms with E-state index in [2.05, 4.69) is 9.88 Å². The number of nitrogens with zero attached hydrogens (tertiary/aromatic N) is 2. The van der Waals surface area contributed by atoms with Gasteiger partial charge in [0, 0.05) is 17.1 Å². The minimum atomic E-state index is -0.524. The molecule has 0 aliphatic carbocycles. The zero-order valence-corrected chi connectivity index (χ0v) is 19.5. The van der Waals surface area contributed by atoms with Gasteiger partial charge in [-0.15, -0.1) is 0 Å². The lowest BCUT2D eigenvalue weighted by molar-refractivity contribution is -0.122. The van der Waals surface area contributed by atoms with E-state index in [-0.39, 0.29) is 10.7 Å². The molecule has 8 heteroatoms. The van der Waals surface area contributed by atoms with Crippen LogP contribution in [-0.4, -0.2) is 35.7 Å². The van der Waals surface area contributed by atoms with E-state index in [9.17, 15) is 9.59 Å². The summed E-state index contributed by atoms with van der Waals surface area (Å²) in [5, 5.41) is 2.66. The number of carbonyl (C=O) groups excluding carboxylic acids is 2. The first-order valence-electron chi connectivity index (χ1n) is 10.2. The third-order valence-electron chi connectivity index (χ3n) is 5.53. The Bertz CT molecular complexity index is 1270. The summed E-state index contributed by atoms with van der Waals surface area (Å²) in [6, 6.07) is 16.5. The maximum Gasteiger partial charge on any atom is 0.270 e. The van der Waals surface area contributed by atoms with E-state index in [1.165, 1.54) is 4.90 Å². The number of anilines is 1. The Labute approximate surface area is 197 Å². The highest BCUT2D eigenvalue weighted by atomic mass is 32.1. The molecule has 168 valence electrons. The van der Waals surface area contributed by atoms with Crippen LogP contribution in [0, 0.1) is 13.8 Å². The Morgan fingerprint density at radius 2 is 1.42 bits per heavy atom. The summed E-state index contributed by atoms with van der Waals surface area (Å²) in [7, 11) is 3.19. The summed E-state index contributed by atoms with van der Waals surface area (Å²) in [5.41, 5.74) is 4.14. The highest BCUT2D eigenvalue weighted by molar-refractivity contribution is 7.80. The fourth-order valence-corrected chi connectivity index (χ4v) is 4.12. The first kappa shape index (κ1) is 22.3.